The molecule has 0 aromatic heterocycles. The number of ether oxygens (including phenoxy) is 2. The number of aliphatic hydroxyl groups is 4. The number of hydrogen-bond acceptors (Lipinski definition) is 6. The summed E-state index contributed by atoms with van der Waals surface area (Å²) < 4.78 is 76.7. The minimum Gasteiger partial charge on any atom is -0.458 e. The maximum Gasteiger partial charge on any atom is 0.416 e. The monoisotopic (exact) mass is 462 g/mol. The van der Waals surface area contributed by atoms with Gasteiger partial charge in [-0.3, -0.25) is 0 Å². The van der Waals surface area contributed by atoms with Crippen LogP contribution in [0.15, 0.2) is 36.4 Å². The Bertz CT molecular complexity index is 960. The number of rotatable bonds is 5. The molecule has 0 amide bonds. The van der Waals surface area contributed by atoms with Crippen molar-refractivity contribution in [1.82, 2.24) is 0 Å². The summed E-state index contributed by atoms with van der Waals surface area (Å²) in [5, 5.41) is 39.0. The van der Waals surface area contributed by atoms with Gasteiger partial charge in [-0.2, -0.15) is 13.2 Å². The van der Waals surface area contributed by atoms with E-state index in [2.05, 4.69) is 0 Å². The summed E-state index contributed by atoms with van der Waals surface area (Å²) in [6, 6.07) is 5.38. The zero-order valence-corrected chi connectivity index (χ0v) is 16.2. The normalized spacial score (nSPS) is 26.5. The van der Waals surface area contributed by atoms with Crippen molar-refractivity contribution < 1.29 is 51.9 Å². The van der Waals surface area contributed by atoms with Gasteiger partial charge in [0, 0.05) is 11.6 Å². The lowest BCUT2D eigenvalue weighted by molar-refractivity contribution is -0.277. The van der Waals surface area contributed by atoms with E-state index in [4.69, 9.17) is 9.47 Å². The van der Waals surface area contributed by atoms with E-state index in [1.165, 1.54) is 12.2 Å². The molecule has 1 aliphatic rings. The third-order valence-electron chi connectivity index (χ3n) is 4.81. The largest absolute Gasteiger partial charge is 0.458 e. The Labute approximate surface area is 178 Å². The molecule has 3 rings (SSSR count). The summed E-state index contributed by atoms with van der Waals surface area (Å²) >= 11 is 0. The highest BCUT2D eigenvalue weighted by molar-refractivity contribution is 5.72. The average Bonchev–Trinajstić information content (AvgIpc) is 2.73. The number of benzene rings is 2. The molecule has 0 unspecified atom stereocenters. The zero-order valence-electron chi connectivity index (χ0n) is 16.2. The van der Waals surface area contributed by atoms with Crippen LogP contribution in [0.4, 0.5) is 22.0 Å². The first-order valence-electron chi connectivity index (χ1n) is 9.33. The lowest BCUT2D eigenvalue weighted by atomic mass is 9.99. The second kappa shape index (κ2) is 9.51. The quantitative estimate of drug-likeness (QED) is 0.402. The molecule has 0 saturated carbocycles. The first-order valence-corrected chi connectivity index (χ1v) is 9.33. The first-order chi connectivity index (χ1) is 15.0. The summed E-state index contributed by atoms with van der Waals surface area (Å²) in [5.41, 5.74) is -0.751. The SMILES string of the molecule is OC[C@H]1O[C@@H](Oc2c(F)cc(F)cc2/C=C/c2ccc(C(F)(F)F)cc2)[C@H](O)[C@@H](O)[C@@H]1O. The highest BCUT2D eigenvalue weighted by Crippen LogP contribution is 2.32. The number of hydrogen-bond donors (Lipinski definition) is 4. The van der Waals surface area contributed by atoms with E-state index in [9.17, 15) is 42.4 Å². The van der Waals surface area contributed by atoms with Crippen LogP contribution in [0.2, 0.25) is 0 Å². The molecule has 2 aromatic carbocycles. The second-order valence-corrected chi connectivity index (χ2v) is 7.07. The van der Waals surface area contributed by atoms with E-state index < -0.39 is 66.4 Å². The molecule has 1 aliphatic heterocycles. The molecule has 2 aromatic rings. The van der Waals surface area contributed by atoms with E-state index in [0.717, 1.165) is 30.3 Å². The van der Waals surface area contributed by atoms with Gasteiger partial charge in [-0.05, 0) is 23.8 Å². The van der Waals surface area contributed by atoms with E-state index in [-0.39, 0.29) is 5.56 Å². The minimum absolute atomic E-state index is 0.181. The standard InChI is InChI=1S/C21H19F5O6/c22-13-7-11(4-1-10-2-5-12(6-3-10)21(24,25)26)19(14(23)8-13)32-20-18(30)17(29)16(28)15(9-27)31-20/h1-8,15-18,20,27-30H,9H2/b4-1+/t15-,16-,17+,18-,20+/m1/s1. The van der Waals surface area contributed by atoms with Crippen LogP contribution in [0.3, 0.4) is 0 Å². The molecule has 0 spiro atoms. The summed E-state index contributed by atoms with van der Waals surface area (Å²) in [6.07, 6.45) is -10.4. The van der Waals surface area contributed by atoms with Crippen molar-refractivity contribution in [3.05, 3.63) is 64.7 Å². The van der Waals surface area contributed by atoms with Crippen molar-refractivity contribution in [2.24, 2.45) is 0 Å². The van der Waals surface area contributed by atoms with Gasteiger partial charge in [0.1, 0.15) is 30.2 Å². The average molecular weight is 462 g/mol. The van der Waals surface area contributed by atoms with E-state index >= 15 is 0 Å². The van der Waals surface area contributed by atoms with Crippen molar-refractivity contribution in [3.8, 4) is 5.75 Å². The first kappa shape index (κ1) is 24.1. The van der Waals surface area contributed by atoms with Crippen molar-refractivity contribution >= 4 is 12.2 Å². The van der Waals surface area contributed by atoms with Crippen LogP contribution >= 0.6 is 0 Å². The highest BCUT2D eigenvalue weighted by atomic mass is 19.4. The Balaban J connectivity index is 1.88. The molecule has 1 saturated heterocycles. The maximum absolute atomic E-state index is 14.4. The van der Waals surface area contributed by atoms with E-state index in [0.29, 0.717) is 11.6 Å². The maximum atomic E-state index is 14.4. The van der Waals surface area contributed by atoms with Crippen LogP contribution < -0.4 is 4.74 Å². The third-order valence-corrected chi connectivity index (χ3v) is 4.81. The fourth-order valence-electron chi connectivity index (χ4n) is 3.08. The summed E-state index contributed by atoms with van der Waals surface area (Å²) in [7, 11) is 0. The number of aliphatic hydroxyl groups excluding tert-OH is 4. The van der Waals surface area contributed by atoms with Gasteiger partial charge in [0.2, 0.25) is 6.29 Å². The fourth-order valence-corrected chi connectivity index (χ4v) is 3.08. The predicted molar refractivity (Wildman–Crippen MR) is 101 cm³/mol. The van der Waals surface area contributed by atoms with Gasteiger partial charge in [0.05, 0.1) is 12.2 Å². The van der Waals surface area contributed by atoms with Crippen LogP contribution in [0.1, 0.15) is 16.7 Å². The summed E-state index contributed by atoms with van der Waals surface area (Å²) in [6.45, 7) is -0.739. The molecule has 0 bridgehead atoms. The fraction of sp³-hybridized carbons (Fsp3) is 0.333. The Kier molecular flexibility index (Phi) is 7.16. The molecule has 1 fully saturated rings. The third kappa shape index (κ3) is 5.25. The highest BCUT2D eigenvalue weighted by Gasteiger charge is 2.45. The molecule has 0 radical (unpaired) electrons. The van der Waals surface area contributed by atoms with Crippen LogP contribution in [0.5, 0.6) is 5.75 Å². The predicted octanol–water partition coefficient (Wildman–Crippen LogP) is 2.33. The minimum atomic E-state index is -4.51. The molecule has 4 N–H and O–H groups in total. The van der Waals surface area contributed by atoms with Crippen molar-refractivity contribution in [1.29, 1.82) is 0 Å². The van der Waals surface area contributed by atoms with E-state index in [1.54, 1.807) is 0 Å². The summed E-state index contributed by atoms with van der Waals surface area (Å²) in [5.74, 6) is -2.75. The molecular weight excluding hydrogens is 443 g/mol. The Morgan fingerprint density at radius 3 is 2.19 bits per heavy atom. The lowest BCUT2D eigenvalue weighted by Gasteiger charge is -2.39. The van der Waals surface area contributed by atoms with Crippen LogP contribution in [0, 0.1) is 11.6 Å². The van der Waals surface area contributed by atoms with Gasteiger partial charge in [-0.1, -0.05) is 24.3 Å². The van der Waals surface area contributed by atoms with Gasteiger partial charge in [-0.25, -0.2) is 8.78 Å². The molecule has 32 heavy (non-hydrogen) atoms. The van der Waals surface area contributed by atoms with Crippen molar-refractivity contribution in [3.63, 3.8) is 0 Å². The second-order valence-electron chi connectivity index (χ2n) is 7.07. The molecular formula is C21H19F5O6. The smallest absolute Gasteiger partial charge is 0.416 e. The van der Waals surface area contributed by atoms with Gasteiger partial charge >= 0.3 is 6.18 Å². The lowest BCUT2D eigenvalue weighted by Crippen LogP contribution is -2.60. The van der Waals surface area contributed by atoms with Crippen molar-refractivity contribution in [2.45, 2.75) is 36.9 Å². The summed E-state index contributed by atoms with van der Waals surface area (Å²) in [4.78, 5) is 0. The van der Waals surface area contributed by atoms with Crippen LogP contribution in [-0.4, -0.2) is 57.7 Å². The number of alkyl halides is 3. The Morgan fingerprint density at radius 1 is 0.938 bits per heavy atom. The molecule has 5 atom stereocenters. The van der Waals surface area contributed by atoms with Crippen LogP contribution in [0.25, 0.3) is 12.2 Å². The van der Waals surface area contributed by atoms with Gasteiger partial charge < -0.3 is 29.9 Å². The molecule has 6 nitrogen and oxygen atoms in total. The van der Waals surface area contributed by atoms with Crippen molar-refractivity contribution in [2.75, 3.05) is 6.61 Å². The topological polar surface area (TPSA) is 99.4 Å². The van der Waals surface area contributed by atoms with Gasteiger partial charge in [0.15, 0.2) is 11.6 Å². The van der Waals surface area contributed by atoms with Crippen LogP contribution in [-0.2, 0) is 10.9 Å². The number of halogens is 5. The zero-order chi connectivity index (χ0) is 23.6. The molecule has 174 valence electrons. The molecule has 0 aliphatic carbocycles. The molecule has 1 heterocycles. The molecule has 11 heteroatoms. The van der Waals surface area contributed by atoms with Gasteiger partial charge in [0.25, 0.3) is 0 Å². The van der Waals surface area contributed by atoms with E-state index in [1.807, 2.05) is 0 Å². The van der Waals surface area contributed by atoms with Gasteiger partial charge in [-0.15, -0.1) is 0 Å². The Morgan fingerprint density at radius 2 is 1.59 bits per heavy atom. The Hall–Kier alpha value is -2.57.